The zero-order chi connectivity index (χ0) is 25.1. The Labute approximate surface area is 216 Å². The highest BCUT2D eigenvalue weighted by atomic mass is 32.2. The number of aromatic nitrogens is 3. The zero-order valence-corrected chi connectivity index (χ0v) is 21.6. The van der Waals surface area contributed by atoms with E-state index < -0.39 is 11.4 Å². The summed E-state index contributed by atoms with van der Waals surface area (Å²) in [5.41, 5.74) is -0.751. The summed E-state index contributed by atoms with van der Waals surface area (Å²) in [6.07, 6.45) is 9.51. The van der Waals surface area contributed by atoms with Crippen molar-refractivity contribution in [3.8, 4) is 11.8 Å². The van der Waals surface area contributed by atoms with Gasteiger partial charge in [0.2, 0.25) is 5.91 Å². The van der Waals surface area contributed by atoms with Crippen LogP contribution in [0.1, 0.15) is 76.6 Å². The summed E-state index contributed by atoms with van der Waals surface area (Å²) in [4.78, 5) is 12.8. The van der Waals surface area contributed by atoms with E-state index in [0.29, 0.717) is 35.7 Å². The van der Waals surface area contributed by atoms with E-state index in [9.17, 15) is 14.4 Å². The van der Waals surface area contributed by atoms with Crippen LogP contribution < -0.4 is 10.1 Å². The largest absolute Gasteiger partial charge is 0.483 e. The molecule has 4 unspecified atom stereocenters. The summed E-state index contributed by atoms with van der Waals surface area (Å²) in [6, 6.07) is 8.85. The summed E-state index contributed by atoms with van der Waals surface area (Å²) >= 11 is 1.34. The van der Waals surface area contributed by atoms with Gasteiger partial charge in [0.05, 0.1) is 11.8 Å². The molecule has 9 heteroatoms. The van der Waals surface area contributed by atoms with Crippen LogP contribution in [0.5, 0.6) is 5.75 Å². The first-order chi connectivity index (χ1) is 17.5. The average Bonchev–Trinajstić information content (AvgIpc) is 3.63. The van der Waals surface area contributed by atoms with E-state index in [4.69, 9.17) is 4.74 Å². The quantitative estimate of drug-likeness (QED) is 0.452. The highest BCUT2D eigenvalue weighted by Crippen LogP contribution is 2.52. The lowest BCUT2D eigenvalue weighted by Crippen LogP contribution is -2.49. The normalized spacial score (nSPS) is 25.3. The maximum atomic E-state index is 14.1. The van der Waals surface area contributed by atoms with Crippen LogP contribution in [-0.4, -0.2) is 32.0 Å². The van der Waals surface area contributed by atoms with Crippen molar-refractivity contribution < 1.29 is 13.9 Å². The molecular weight excluding hydrogens is 477 g/mol. The zero-order valence-electron chi connectivity index (χ0n) is 20.8. The van der Waals surface area contributed by atoms with E-state index in [1.54, 1.807) is 18.2 Å². The number of halogens is 1. The van der Waals surface area contributed by atoms with Gasteiger partial charge in [-0.3, -0.25) is 9.36 Å². The Bertz CT molecular complexity index is 1130. The number of ether oxygens (including phenoxy) is 1. The fourth-order valence-corrected chi connectivity index (χ4v) is 7.39. The van der Waals surface area contributed by atoms with Gasteiger partial charge in [-0.25, -0.2) is 4.39 Å². The van der Waals surface area contributed by atoms with Gasteiger partial charge < -0.3 is 10.1 Å². The van der Waals surface area contributed by atoms with Crippen LogP contribution in [0.4, 0.5) is 4.39 Å². The summed E-state index contributed by atoms with van der Waals surface area (Å²) in [7, 11) is 0. The third kappa shape index (κ3) is 5.24. The van der Waals surface area contributed by atoms with Crippen molar-refractivity contribution in [1.82, 2.24) is 20.1 Å². The molecule has 1 aromatic heterocycles. The van der Waals surface area contributed by atoms with Gasteiger partial charge in [0.15, 0.2) is 22.5 Å². The first kappa shape index (κ1) is 25.1. The number of nitrogens with zero attached hydrogens (tertiary/aromatic N) is 4. The van der Waals surface area contributed by atoms with Crippen LogP contribution in [0.3, 0.4) is 0 Å². The van der Waals surface area contributed by atoms with Crippen molar-refractivity contribution in [2.75, 3.05) is 5.75 Å². The van der Waals surface area contributed by atoms with Gasteiger partial charge in [-0.15, -0.1) is 10.2 Å². The summed E-state index contributed by atoms with van der Waals surface area (Å²) < 4.78 is 22.0. The third-order valence-corrected chi connectivity index (χ3v) is 9.32. The molecule has 2 aromatic rings. The van der Waals surface area contributed by atoms with Crippen molar-refractivity contribution in [1.29, 1.82) is 5.26 Å². The fourth-order valence-electron chi connectivity index (χ4n) is 6.55. The van der Waals surface area contributed by atoms with E-state index in [1.807, 2.05) is 0 Å². The first-order valence-corrected chi connectivity index (χ1v) is 14.1. The van der Waals surface area contributed by atoms with Crippen molar-refractivity contribution >= 4 is 17.7 Å². The second-order valence-corrected chi connectivity index (χ2v) is 11.6. The SMILES string of the molecule is CC(C1CC2CCC1C2)n1c(COc2ccccc2F)nnc1SCC(=O)NC1(C#N)CCCCC1. The van der Waals surface area contributed by atoms with Crippen molar-refractivity contribution in [3.63, 3.8) is 0 Å². The number of para-hydroxylation sites is 1. The van der Waals surface area contributed by atoms with E-state index in [1.165, 1.54) is 43.5 Å². The molecule has 3 fully saturated rings. The Balaban J connectivity index is 1.31. The molecule has 0 saturated heterocycles. The maximum Gasteiger partial charge on any atom is 0.231 e. The number of hydrogen-bond donors (Lipinski definition) is 1. The minimum atomic E-state index is -0.751. The molecule has 1 amide bonds. The number of nitrogens with one attached hydrogen (secondary N) is 1. The molecule has 3 aliphatic rings. The maximum absolute atomic E-state index is 14.1. The molecule has 36 heavy (non-hydrogen) atoms. The van der Waals surface area contributed by atoms with E-state index in [0.717, 1.165) is 25.2 Å². The molecule has 1 heterocycles. The first-order valence-electron chi connectivity index (χ1n) is 13.1. The minimum absolute atomic E-state index is 0.101. The van der Waals surface area contributed by atoms with Crippen molar-refractivity contribution in [2.24, 2.45) is 17.8 Å². The molecule has 7 nitrogen and oxygen atoms in total. The number of nitriles is 1. The van der Waals surface area contributed by atoms with Gasteiger partial charge in [0.25, 0.3) is 0 Å². The molecule has 192 valence electrons. The molecule has 2 bridgehead atoms. The predicted octanol–water partition coefficient (Wildman–Crippen LogP) is 5.43. The number of carbonyl (C=O) groups excluding carboxylic acids is 1. The summed E-state index contributed by atoms with van der Waals surface area (Å²) in [5, 5.41) is 22.2. The molecule has 0 aliphatic heterocycles. The molecule has 1 N–H and O–H groups in total. The van der Waals surface area contributed by atoms with Crippen LogP contribution in [0.2, 0.25) is 0 Å². The van der Waals surface area contributed by atoms with E-state index in [-0.39, 0.29) is 30.1 Å². The lowest BCUT2D eigenvalue weighted by atomic mass is 9.83. The molecule has 0 spiro atoms. The number of fused-ring (bicyclic) bond motifs is 2. The number of benzene rings is 1. The van der Waals surface area contributed by atoms with E-state index in [2.05, 4.69) is 33.1 Å². The Hall–Kier alpha value is -2.60. The second kappa shape index (κ2) is 10.8. The molecule has 5 rings (SSSR count). The average molecular weight is 512 g/mol. The number of amides is 1. The number of rotatable bonds is 9. The van der Waals surface area contributed by atoms with Gasteiger partial charge in [-0.2, -0.15) is 5.26 Å². The van der Waals surface area contributed by atoms with Crippen LogP contribution in [0.15, 0.2) is 29.4 Å². The fraction of sp³-hybridized carbons (Fsp3) is 0.630. The van der Waals surface area contributed by atoms with Gasteiger partial charge in [0.1, 0.15) is 12.1 Å². The summed E-state index contributed by atoms with van der Waals surface area (Å²) in [6.45, 7) is 2.31. The summed E-state index contributed by atoms with van der Waals surface area (Å²) in [5.74, 6) is 2.45. The van der Waals surface area contributed by atoms with Gasteiger partial charge >= 0.3 is 0 Å². The van der Waals surface area contributed by atoms with Crippen LogP contribution in [-0.2, 0) is 11.4 Å². The van der Waals surface area contributed by atoms with Crippen molar-refractivity contribution in [2.45, 2.75) is 88.1 Å². The Morgan fingerprint density at radius 1 is 1.28 bits per heavy atom. The van der Waals surface area contributed by atoms with Crippen LogP contribution >= 0.6 is 11.8 Å². The highest BCUT2D eigenvalue weighted by molar-refractivity contribution is 7.99. The topological polar surface area (TPSA) is 92.8 Å². The van der Waals surface area contributed by atoms with E-state index >= 15 is 0 Å². The standard InChI is InChI=1S/C27H34FN5O2S/c1-18(21-14-19-9-10-20(21)13-19)33-24(15-35-23-8-4-3-7-22(23)28)31-32-26(33)36-16-25(34)30-27(17-29)11-5-2-6-12-27/h3-4,7-8,18-21H,2,5-6,9-16H2,1H3,(H,30,34). The number of hydrogen-bond acceptors (Lipinski definition) is 6. The van der Waals surface area contributed by atoms with Gasteiger partial charge in [0, 0.05) is 6.04 Å². The highest BCUT2D eigenvalue weighted by Gasteiger charge is 2.43. The minimum Gasteiger partial charge on any atom is -0.483 e. The number of carbonyl (C=O) groups is 1. The molecule has 4 atom stereocenters. The molecular formula is C27H34FN5O2S. The molecule has 0 radical (unpaired) electrons. The van der Waals surface area contributed by atoms with Crippen molar-refractivity contribution in [3.05, 3.63) is 35.9 Å². The third-order valence-electron chi connectivity index (χ3n) is 8.38. The molecule has 1 aromatic carbocycles. The Morgan fingerprint density at radius 3 is 2.78 bits per heavy atom. The van der Waals surface area contributed by atoms with Gasteiger partial charge in [-0.1, -0.05) is 49.6 Å². The monoisotopic (exact) mass is 511 g/mol. The van der Waals surface area contributed by atoms with Gasteiger partial charge in [-0.05, 0) is 68.9 Å². The smallest absolute Gasteiger partial charge is 0.231 e. The lowest BCUT2D eigenvalue weighted by Gasteiger charge is -2.31. The van der Waals surface area contributed by atoms with Crippen LogP contribution in [0, 0.1) is 34.9 Å². The Morgan fingerprint density at radius 2 is 2.08 bits per heavy atom. The lowest BCUT2D eigenvalue weighted by molar-refractivity contribution is -0.120. The van der Waals surface area contributed by atoms with Crippen LogP contribution in [0.25, 0.3) is 0 Å². The second-order valence-electron chi connectivity index (χ2n) is 10.7. The predicted molar refractivity (Wildman–Crippen MR) is 135 cm³/mol. The number of thioether (sulfide) groups is 1. The Kier molecular flexibility index (Phi) is 7.52. The molecule has 3 aliphatic carbocycles. The molecule has 3 saturated carbocycles.